The van der Waals surface area contributed by atoms with Crippen LogP contribution in [0.15, 0.2) is 0 Å². The van der Waals surface area contributed by atoms with Gasteiger partial charge in [0.15, 0.2) is 0 Å². The van der Waals surface area contributed by atoms with Crippen LogP contribution in [0.25, 0.3) is 0 Å². The largest absolute Gasteiger partial charge is 0.396 e. The zero-order valence-corrected chi connectivity index (χ0v) is 7.30. The SMILES string of the molecule is CC.CC(CO)CCCO. The van der Waals surface area contributed by atoms with Crippen LogP contribution in [0.2, 0.25) is 0 Å². The molecule has 0 saturated carbocycles. The molecule has 0 aromatic heterocycles. The van der Waals surface area contributed by atoms with Gasteiger partial charge in [-0.1, -0.05) is 20.8 Å². The van der Waals surface area contributed by atoms with Gasteiger partial charge in [-0.25, -0.2) is 0 Å². The first-order valence-corrected chi connectivity index (χ1v) is 4.03. The zero-order valence-electron chi connectivity index (χ0n) is 7.30. The van der Waals surface area contributed by atoms with Gasteiger partial charge in [0.05, 0.1) is 0 Å². The highest BCUT2D eigenvalue weighted by molar-refractivity contribution is 4.48. The number of hydrogen-bond acceptors (Lipinski definition) is 2. The van der Waals surface area contributed by atoms with Gasteiger partial charge in [-0.2, -0.15) is 0 Å². The second kappa shape index (κ2) is 11.7. The molecule has 2 nitrogen and oxygen atoms in total. The summed E-state index contributed by atoms with van der Waals surface area (Å²) < 4.78 is 0. The third kappa shape index (κ3) is 10.8. The van der Waals surface area contributed by atoms with E-state index in [-0.39, 0.29) is 13.2 Å². The van der Waals surface area contributed by atoms with Gasteiger partial charge in [0.2, 0.25) is 0 Å². The van der Waals surface area contributed by atoms with Crippen LogP contribution in [0.4, 0.5) is 0 Å². The minimum Gasteiger partial charge on any atom is -0.396 e. The van der Waals surface area contributed by atoms with Crippen molar-refractivity contribution in [1.29, 1.82) is 0 Å². The maximum Gasteiger partial charge on any atom is 0.0456 e. The quantitative estimate of drug-likeness (QED) is 0.633. The summed E-state index contributed by atoms with van der Waals surface area (Å²) in [5, 5.41) is 16.8. The lowest BCUT2D eigenvalue weighted by molar-refractivity contribution is 0.212. The molecular weight excluding hydrogens is 128 g/mol. The Morgan fingerprint density at radius 2 is 1.70 bits per heavy atom. The third-order valence-electron chi connectivity index (χ3n) is 1.17. The highest BCUT2D eigenvalue weighted by atomic mass is 16.3. The van der Waals surface area contributed by atoms with E-state index in [2.05, 4.69) is 0 Å². The fraction of sp³-hybridized carbons (Fsp3) is 1.00. The van der Waals surface area contributed by atoms with Gasteiger partial charge < -0.3 is 10.2 Å². The molecule has 1 unspecified atom stereocenters. The molecule has 64 valence electrons. The van der Waals surface area contributed by atoms with E-state index in [1.165, 1.54) is 0 Å². The number of aliphatic hydroxyl groups is 2. The van der Waals surface area contributed by atoms with E-state index in [0.717, 1.165) is 12.8 Å². The second-order valence-electron chi connectivity index (χ2n) is 2.15. The Bertz CT molecular complexity index is 46.5. The van der Waals surface area contributed by atoms with Gasteiger partial charge in [0, 0.05) is 13.2 Å². The van der Waals surface area contributed by atoms with Crippen molar-refractivity contribution in [2.45, 2.75) is 33.6 Å². The van der Waals surface area contributed by atoms with Crippen LogP contribution in [-0.2, 0) is 0 Å². The monoisotopic (exact) mass is 148 g/mol. The van der Waals surface area contributed by atoms with Crippen molar-refractivity contribution >= 4 is 0 Å². The highest BCUT2D eigenvalue weighted by Crippen LogP contribution is 2.01. The first-order chi connectivity index (χ1) is 4.81. The van der Waals surface area contributed by atoms with Crippen LogP contribution in [0.1, 0.15) is 33.6 Å². The van der Waals surface area contributed by atoms with Crippen LogP contribution in [0.3, 0.4) is 0 Å². The molecule has 0 aromatic rings. The normalized spacial score (nSPS) is 11.7. The summed E-state index contributed by atoms with van der Waals surface area (Å²) in [4.78, 5) is 0. The van der Waals surface area contributed by atoms with Crippen molar-refractivity contribution in [2.75, 3.05) is 13.2 Å². The predicted octanol–water partition coefficient (Wildman–Crippen LogP) is 1.41. The second-order valence-corrected chi connectivity index (χ2v) is 2.15. The minimum absolute atomic E-state index is 0.236. The topological polar surface area (TPSA) is 40.5 Å². The molecule has 0 heterocycles. The molecular formula is C8H20O2. The summed E-state index contributed by atoms with van der Waals surface area (Å²) in [6.07, 6.45) is 1.73. The van der Waals surface area contributed by atoms with Crippen LogP contribution in [0, 0.1) is 5.92 Å². The van der Waals surface area contributed by atoms with Crippen LogP contribution in [-0.4, -0.2) is 23.4 Å². The summed E-state index contributed by atoms with van der Waals surface area (Å²) in [6, 6.07) is 0. The van der Waals surface area contributed by atoms with Crippen LogP contribution < -0.4 is 0 Å². The van der Waals surface area contributed by atoms with Crippen molar-refractivity contribution in [3.63, 3.8) is 0 Å². The molecule has 0 aromatic carbocycles. The molecule has 1 atom stereocenters. The van der Waals surface area contributed by atoms with E-state index in [1.807, 2.05) is 20.8 Å². The average molecular weight is 148 g/mol. The first kappa shape index (κ1) is 12.6. The fourth-order valence-corrected chi connectivity index (χ4v) is 0.531. The summed E-state index contributed by atoms with van der Waals surface area (Å²) in [5.74, 6) is 0.349. The van der Waals surface area contributed by atoms with E-state index in [9.17, 15) is 0 Å². The Labute approximate surface area is 63.9 Å². The van der Waals surface area contributed by atoms with Crippen LogP contribution in [0.5, 0.6) is 0 Å². The Hall–Kier alpha value is -0.0800. The number of aliphatic hydroxyl groups excluding tert-OH is 2. The highest BCUT2D eigenvalue weighted by Gasteiger charge is 1.96. The molecule has 10 heavy (non-hydrogen) atoms. The fourth-order valence-electron chi connectivity index (χ4n) is 0.531. The Morgan fingerprint density at radius 1 is 1.20 bits per heavy atom. The lowest BCUT2D eigenvalue weighted by Gasteiger charge is -2.03. The average Bonchev–Trinajstić information content (AvgIpc) is 2.04. The van der Waals surface area contributed by atoms with E-state index >= 15 is 0 Å². The molecule has 0 aliphatic heterocycles. The smallest absolute Gasteiger partial charge is 0.0456 e. The molecule has 0 spiro atoms. The maximum atomic E-state index is 8.48. The Morgan fingerprint density at radius 3 is 2.00 bits per heavy atom. The van der Waals surface area contributed by atoms with Gasteiger partial charge in [0.25, 0.3) is 0 Å². The van der Waals surface area contributed by atoms with Crippen LogP contribution >= 0.6 is 0 Å². The van der Waals surface area contributed by atoms with Gasteiger partial charge in [-0.15, -0.1) is 0 Å². The van der Waals surface area contributed by atoms with Crippen molar-refractivity contribution in [2.24, 2.45) is 5.92 Å². The molecule has 0 aliphatic carbocycles. The van der Waals surface area contributed by atoms with E-state index in [1.54, 1.807) is 0 Å². The van der Waals surface area contributed by atoms with E-state index in [4.69, 9.17) is 10.2 Å². The summed E-state index contributed by atoms with van der Waals surface area (Å²) >= 11 is 0. The molecule has 0 rings (SSSR count). The Kier molecular flexibility index (Phi) is 14.7. The molecule has 0 saturated heterocycles. The van der Waals surface area contributed by atoms with E-state index in [0.29, 0.717) is 5.92 Å². The van der Waals surface area contributed by atoms with E-state index < -0.39 is 0 Å². The standard InChI is InChI=1S/C6H14O2.C2H6/c1-6(5-8)3-2-4-7;1-2/h6-8H,2-5H2,1H3;1-2H3. The molecule has 0 bridgehead atoms. The molecule has 0 aliphatic rings. The summed E-state index contributed by atoms with van der Waals surface area (Å²) in [7, 11) is 0. The summed E-state index contributed by atoms with van der Waals surface area (Å²) in [6.45, 7) is 6.44. The van der Waals surface area contributed by atoms with Gasteiger partial charge in [-0.05, 0) is 18.8 Å². The minimum atomic E-state index is 0.236. The maximum absolute atomic E-state index is 8.48. The van der Waals surface area contributed by atoms with Gasteiger partial charge >= 0.3 is 0 Å². The van der Waals surface area contributed by atoms with Crippen molar-refractivity contribution in [1.82, 2.24) is 0 Å². The number of rotatable bonds is 4. The molecule has 2 heteroatoms. The zero-order chi connectivity index (χ0) is 8.41. The predicted molar refractivity (Wildman–Crippen MR) is 43.9 cm³/mol. The van der Waals surface area contributed by atoms with Crippen molar-refractivity contribution < 1.29 is 10.2 Å². The van der Waals surface area contributed by atoms with Gasteiger partial charge in [-0.3, -0.25) is 0 Å². The lowest BCUT2D eigenvalue weighted by Crippen LogP contribution is -2.00. The summed E-state index contributed by atoms with van der Waals surface area (Å²) in [5.41, 5.74) is 0. The molecule has 2 N–H and O–H groups in total. The first-order valence-electron chi connectivity index (χ1n) is 4.03. The molecule has 0 fully saturated rings. The number of hydrogen-bond donors (Lipinski definition) is 2. The van der Waals surface area contributed by atoms with Crippen molar-refractivity contribution in [3.8, 4) is 0 Å². The molecule has 0 amide bonds. The lowest BCUT2D eigenvalue weighted by atomic mass is 10.1. The third-order valence-corrected chi connectivity index (χ3v) is 1.17. The Balaban J connectivity index is 0. The van der Waals surface area contributed by atoms with Gasteiger partial charge in [0.1, 0.15) is 0 Å². The molecule has 0 radical (unpaired) electrons. The van der Waals surface area contributed by atoms with Crippen molar-refractivity contribution in [3.05, 3.63) is 0 Å².